The molecule has 0 radical (unpaired) electrons. The molecular formula is C43H54F2N11O6P. The highest BCUT2D eigenvalue weighted by molar-refractivity contribution is 7.52. The molecule has 336 valence electrons. The number of nitrogens with two attached hydrogens (primary N) is 1. The van der Waals surface area contributed by atoms with E-state index in [1.165, 1.54) is 29.9 Å². The second-order valence-corrected chi connectivity index (χ2v) is 18.2. The molecular weight excluding hydrogens is 836 g/mol. The second kappa shape index (κ2) is 21.3. The van der Waals surface area contributed by atoms with Crippen molar-refractivity contribution in [1.29, 1.82) is 0 Å². The summed E-state index contributed by atoms with van der Waals surface area (Å²) in [6.07, 6.45) is 0.116. The van der Waals surface area contributed by atoms with Crippen LogP contribution in [0.15, 0.2) is 86.0 Å². The van der Waals surface area contributed by atoms with Crippen LogP contribution in [0.1, 0.15) is 74.7 Å². The van der Waals surface area contributed by atoms with E-state index in [1.807, 2.05) is 32.9 Å². The third kappa shape index (κ3) is 11.0. The zero-order chi connectivity index (χ0) is 45.4. The first kappa shape index (κ1) is 47.1. The average molecular weight is 890 g/mol. The maximum atomic E-state index is 15.2. The normalized spacial score (nSPS) is 23.6. The van der Waals surface area contributed by atoms with Crippen LogP contribution in [0, 0.1) is 11.8 Å². The molecule has 2 amide bonds. The highest BCUT2D eigenvalue weighted by atomic mass is 31.1. The smallest absolute Gasteiger partial charge is 0.256 e. The lowest BCUT2D eigenvalue weighted by Gasteiger charge is -2.21. The molecule has 20 heteroatoms. The van der Waals surface area contributed by atoms with Gasteiger partial charge >= 0.3 is 0 Å². The lowest BCUT2D eigenvalue weighted by atomic mass is 10.0. The molecule has 0 aliphatic carbocycles. The van der Waals surface area contributed by atoms with Gasteiger partial charge in [0.05, 0.1) is 38.1 Å². The summed E-state index contributed by atoms with van der Waals surface area (Å²) in [6, 6.07) is 17.8. The van der Waals surface area contributed by atoms with Crippen molar-refractivity contribution in [3.63, 3.8) is 0 Å². The van der Waals surface area contributed by atoms with Gasteiger partial charge in [-0.3, -0.25) is 18.7 Å². The Morgan fingerprint density at radius 3 is 1.56 bits per heavy atom. The number of carbonyl (C=O) groups excluding carboxylic acids is 2. The first-order valence-electron chi connectivity index (χ1n) is 20.6. The Morgan fingerprint density at radius 2 is 1.16 bits per heavy atom. The topological polar surface area (TPSA) is 219 Å². The first-order chi connectivity index (χ1) is 30.2. The Balaban J connectivity index is 0.000000196. The third-order valence-corrected chi connectivity index (χ3v) is 12.5. The van der Waals surface area contributed by atoms with Gasteiger partial charge in [-0.1, -0.05) is 77.9 Å². The zero-order valence-corrected chi connectivity index (χ0v) is 37.0. The van der Waals surface area contributed by atoms with Gasteiger partial charge in [-0.2, -0.15) is 0 Å². The molecule has 6 aromatic rings. The van der Waals surface area contributed by atoms with Crippen molar-refractivity contribution >= 4 is 53.9 Å². The molecule has 2 saturated heterocycles. The molecule has 5 N–H and O–H groups in total. The predicted molar refractivity (Wildman–Crippen MR) is 236 cm³/mol. The molecule has 8 rings (SSSR count). The summed E-state index contributed by atoms with van der Waals surface area (Å²) in [6.45, 7) is 13.8. The van der Waals surface area contributed by atoms with Crippen molar-refractivity contribution in [3.05, 3.63) is 97.1 Å². The van der Waals surface area contributed by atoms with Crippen LogP contribution in [0.4, 0.5) is 20.4 Å². The summed E-state index contributed by atoms with van der Waals surface area (Å²) >= 11 is 0. The van der Waals surface area contributed by atoms with E-state index in [9.17, 15) is 19.1 Å². The monoisotopic (exact) mass is 889 g/mol. The fourth-order valence-electron chi connectivity index (χ4n) is 6.66. The number of amides is 2. The molecule has 2 aliphatic heterocycles. The number of halogens is 2. The summed E-state index contributed by atoms with van der Waals surface area (Å²) in [5.74, 6) is -0.957. The van der Waals surface area contributed by atoms with E-state index in [2.05, 4.69) is 61.0 Å². The van der Waals surface area contributed by atoms with Gasteiger partial charge in [0.1, 0.15) is 12.7 Å². The van der Waals surface area contributed by atoms with Gasteiger partial charge in [0.15, 0.2) is 58.8 Å². The number of nitrogens with one attached hydrogen (secondary N) is 2. The number of aliphatic hydroxyl groups is 1. The summed E-state index contributed by atoms with van der Waals surface area (Å²) in [5.41, 5.74) is 7.95. The van der Waals surface area contributed by atoms with E-state index >= 15 is 4.39 Å². The molecule has 4 aromatic heterocycles. The number of hydrogen-bond acceptors (Lipinski definition) is 13. The van der Waals surface area contributed by atoms with E-state index in [0.29, 0.717) is 51.8 Å². The van der Waals surface area contributed by atoms with E-state index < -0.39 is 45.0 Å². The summed E-state index contributed by atoms with van der Waals surface area (Å²) in [7, 11) is -0.591. The number of aromatic nitrogens is 8. The molecule has 9 atom stereocenters. The van der Waals surface area contributed by atoms with Gasteiger partial charge < -0.3 is 35.5 Å². The minimum Gasteiger partial charge on any atom is -0.394 e. The maximum absolute atomic E-state index is 15.2. The molecule has 63 heavy (non-hydrogen) atoms. The molecule has 0 saturated carbocycles. The molecule has 3 unspecified atom stereocenters. The fraction of sp³-hybridized carbons (Fsp3) is 0.442. The standard InChI is InChI=1S/C22H27FN5O3P.C18H18FN5O3.C3H9N/c1-13(2)32(4)30-10-16-14(3)17(23)22(31-16)28-12-26-18-19(24-11-25-20(18)28)27-21(29)15-8-6-5-7-9-15;1-10-12(7-25)27-18(13(10)19)24-9-22-14-15(20-8-21-16(14)24)23-17(26)11-5-3-2-4-6-11;1-3(2)4/h5-9,11-14,16-17,22H,10H2,1-4H3,(H,24,25,27,29);2-6,8-10,12-13,18,25H,7H2,1H3,(H,20,21,23,26);3H,4H2,1-2H3/t14?,16-,17+,22-,32?;10?,12-,13+,18-;/m11./s1. The number of hydrogen-bond donors (Lipinski definition) is 4. The van der Waals surface area contributed by atoms with E-state index in [1.54, 1.807) is 60.0 Å². The number of fused-ring (bicyclic) bond motifs is 2. The Morgan fingerprint density at radius 1 is 0.746 bits per heavy atom. The number of anilines is 2. The van der Waals surface area contributed by atoms with Crippen LogP contribution in [-0.4, -0.2) is 112 Å². The Hall–Kier alpha value is -5.43. The second-order valence-electron chi connectivity index (χ2n) is 15.8. The minimum absolute atomic E-state index is 0.229. The summed E-state index contributed by atoms with van der Waals surface area (Å²) in [5, 5.41) is 14.8. The predicted octanol–water partition coefficient (Wildman–Crippen LogP) is 6.70. The van der Waals surface area contributed by atoms with Gasteiger partial charge in [-0.15, -0.1) is 0 Å². The lowest BCUT2D eigenvalue weighted by molar-refractivity contribution is -0.0378. The average Bonchev–Trinajstić information content (AvgIpc) is 4.05. The molecule has 0 spiro atoms. The molecule has 2 aromatic carbocycles. The van der Waals surface area contributed by atoms with Gasteiger partial charge in [-0.05, 0) is 42.6 Å². The molecule has 2 fully saturated rings. The largest absolute Gasteiger partial charge is 0.394 e. The number of imidazole rings is 2. The number of carbonyl (C=O) groups is 2. The van der Waals surface area contributed by atoms with Gasteiger partial charge in [0.25, 0.3) is 11.8 Å². The maximum Gasteiger partial charge on any atom is 0.256 e. The van der Waals surface area contributed by atoms with Gasteiger partial charge in [0.2, 0.25) is 0 Å². The van der Waals surface area contributed by atoms with E-state index in [4.69, 9.17) is 19.7 Å². The number of ether oxygens (including phenoxy) is 2. The van der Waals surface area contributed by atoms with Crippen LogP contribution in [0.3, 0.4) is 0 Å². The summed E-state index contributed by atoms with van der Waals surface area (Å²) in [4.78, 5) is 50.2. The molecule has 0 bridgehead atoms. The van der Waals surface area contributed by atoms with Crippen LogP contribution in [0.5, 0.6) is 0 Å². The van der Waals surface area contributed by atoms with Crippen LogP contribution in [0.25, 0.3) is 22.3 Å². The van der Waals surface area contributed by atoms with Gasteiger partial charge in [-0.25, -0.2) is 38.7 Å². The van der Waals surface area contributed by atoms with Crippen molar-refractivity contribution in [2.24, 2.45) is 17.6 Å². The molecule has 6 heterocycles. The Kier molecular flexibility index (Phi) is 15.9. The van der Waals surface area contributed by atoms with E-state index in [0.717, 1.165) is 0 Å². The van der Waals surface area contributed by atoms with Crippen LogP contribution >= 0.6 is 8.15 Å². The van der Waals surface area contributed by atoms with Crippen molar-refractivity contribution < 1.29 is 37.5 Å². The van der Waals surface area contributed by atoms with Crippen LogP contribution < -0.4 is 16.4 Å². The Bertz CT molecular complexity index is 2430. The highest BCUT2D eigenvalue weighted by Gasteiger charge is 2.45. The number of nitrogens with zero attached hydrogens (tertiary/aromatic N) is 8. The fourth-order valence-corrected chi connectivity index (χ4v) is 7.34. The summed E-state index contributed by atoms with van der Waals surface area (Å²) < 4.78 is 50.5. The number of aliphatic hydroxyl groups excluding tert-OH is 1. The zero-order valence-electron chi connectivity index (χ0n) is 36.1. The van der Waals surface area contributed by atoms with Crippen molar-refractivity contribution in [1.82, 2.24) is 39.0 Å². The molecule has 2 aliphatic rings. The SMILES string of the molecule is CC(C)N.CC1[C@@H](CO)O[C@@H](n2cnc3c(NC(=O)c4ccccc4)ncnc32)[C@H]1F.CC1[C@@H](COP(C)C(C)C)O[C@@H](n2cnc3c(NC(=O)c4ccccc4)ncnc32)[C@H]1F. The quantitative estimate of drug-likeness (QED) is 0.0997. The lowest BCUT2D eigenvalue weighted by Crippen LogP contribution is -2.23. The Labute approximate surface area is 365 Å². The van der Waals surface area contributed by atoms with Gasteiger partial charge in [0, 0.05) is 31.1 Å². The number of alkyl halides is 2. The third-order valence-electron chi connectivity index (χ3n) is 10.5. The number of rotatable bonds is 11. The van der Waals surface area contributed by atoms with Crippen LogP contribution in [0.2, 0.25) is 0 Å². The van der Waals surface area contributed by atoms with Crippen molar-refractivity contribution in [3.8, 4) is 0 Å². The van der Waals surface area contributed by atoms with Crippen LogP contribution in [-0.2, 0) is 14.0 Å². The van der Waals surface area contributed by atoms with Crippen molar-refractivity contribution in [2.75, 3.05) is 30.5 Å². The first-order valence-corrected chi connectivity index (χ1v) is 22.4. The number of benzene rings is 2. The van der Waals surface area contributed by atoms with E-state index in [-0.39, 0.29) is 42.1 Å². The molecule has 17 nitrogen and oxygen atoms in total. The minimum atomic E-state index is -1.32. The highest BCUT2D eigenvalue weighted by Crippen LogP contribution is 2.42. The van der Waals surface area contributed by atoms with Crippen molar-refractivity contribution in [2.45, 2.75) is 90.3 Å².